The predicted molar refractivity (Wildman–Crippen MR) is 59.5 cm³/mol. The van der Waals surface area contributed by atoms with Gasteiger partial charge in [0, 0.05) is 24.9 Å². The Morgan fingerprint density at radius 1 is 1.64 bits per heavy atom. The minimum absolute atomic E-state index is 0.0876. The van der Waals surface area contributed by atoms with Crippen LogP contribution in [0.5, 0.6) is 0 Å². The van der Waals surface area contributed by atoms with E-state index in [-0.39, 0.29) is 11.9 Å². The summed E-state index contributed by atoms with van der Waals surface area (Å²) in [6.45, 7) is 1.90. The summed E-state index contributed by atoms with van der Waals surface area (Å²) in [6.07, 6.45) is 5.74. The first-order chi connectivity index (χ1) is 6.67. The summed E-state index contributed by atoms with van der Waals surface area (Å²) < 4.78 is 0.460. The van der Waals surface area contributed by atoms with Gasteiger partial charge in [0.25, 0.3) is 0 Å². The van der Waals surface area contributed by atoms with Gasteiger partial charge in [-0.15, -0.1) is 0 Å². The van der Waals surface area contributed by atoms with Crippen molar-refractivity contribution in [2.75, 3.05) is 26.4 Å². The van der Waals surface area contributed by atoms with Crippen LogP contribution in [0, 0.1) is 0 Å². The Morgan fingerprint density at radius 3 is 2.79 bits per heavy atom. The summed E-state index contributed by atoms with van der Waals surface area (Å²) >= 11 is 1.94. The van der Waals surface area contributed by atoms with Crippen LogP contribution in [0.15, 0.2) is 0 Å². The SMILES string of the molecule is CSC1(CNC2CCN(C)C2=O)CC1. The summed E-state index contributed by atoms with van der Waals surface area (Å²) in [5.41, 5.74) is 0. The van der Waals surface area contributed by atoms with Crippen molar-refractivity contribution >= 4 is 17.7 Å². The summed E-state index contributed by atoms with van der Waals surface area (Å²) in [5.74, 6) is 0.266. The van der Waals surface area contributed by atoms with Crippen molar-refractivity contribution in [3.8, 4) is 0 Å². The molecule has 0 aromatic rings. The van der Waals surface area contributed by atoms with Crippen molar-refractivity contribution < 1.29 is 4.79 Å². The molecule has 0 aromatic heterocycles. The summed E-state index contributed by atoms with van der Waals surface area (Å²) in [4.78, 5) is 13.4. The van der Waals surface area contributed by atoms with E-state index in [9.17, 15) is 4.79 Å². The van der Waals surface area contributed by atoms with Crippen LogP contribution in [0.1, 0.15) is 19.3 Å². The molecule has 1 amide bonds. The lowest BCUT2D eigenvalue weighted by molar-refractivity contribution is -0.128. The fourth-order valence-corrected chi connectivity index (χ4v) is 2.65. The topological polar surface area (TPSA) is 32.3 Å². The number of nitrogens with one attached hydrogen (secondary N) is 1. The smallest absolute Gasteiger partial charge is 0.239 e. The van der Waals surface area contributed by atoms with E-state index in [0.717, 1.165) is 19.5 Å². The van der Waals surface area contributed by atoms with Gasteiger partial charge in [-0.05, 0) is 25.5 Å². The number of hydrogen-bond donors (Lipinski definition) is 1. The van der Waals surface area contributed by atoms with E-state index in [1.807, 2.05) is 23.7 Å². The minimum Gasteiger partial charge on any atom is -0.344 e. The van der Waals surface area contributed by atoms with Gasteiger partial charge < -0.3 is 10.2 Å². The van der Waals surface area contributed by atoms with Gasteiger partial charge in [0.2, 0.25) is 5.91 Å². The molecule has 1 aliphatic heterocycles. The number of rotatable bonds is 4. The van der Waals surface area contributed by atoms with Crippen molar-refractivity contribution in [1.29, 1.82) is 0 Å². The summed E-state index contributed by atoms with van der Waals surface area (Å²) in [5, 5.41) is 3.40. The number of carbonyl (C=O) groups excluding carboxylic acids is 1. The Balaban J connectivity index is 1.79. The van der Waals surface area contributed by atoms with Crippen molar-refractivity contribution in [2.24, 2.45) is 0 Å². The third-order valence-corrected chi connectivity index (χ3v) is 4.76. The molecule has 1 saturated heterocycles. The van der Waals surface area contributed by atoms with E-state index in [1.165, 1.54) is 12.8 Å². The Morgan fingerprint density at radius 2 is 2.36 bits per heavy atom. The van der Waals surface area contributed by atoms with E-state index in [0.29, 0.717) is 4.75 Å². The lowest BCUT2D eigenvalue weighted by Gasteiger charge is -2.16. The molecule has 1 aliphatic carbocycles. The second-order valence-corrected chi connectivity index (χ2v) is 5.64. The minimum atomic E-state index is 0.0876. The van der Waals surface area contributed by atoms with Gasteiger partial charge in [0.05, 0.1) is 6.04 Å². The summed E-state index contributed by atoms with van der Waals surface area (Å²) in [7, 11) is 1.88. The molecule has 2 aliphatic rings. The maximum Gasteiger partial charge on any atom is 0.239 e. The number of carbonyl (C=O) groups is 1. The average molecular weight is 214 g/mol. The molecule has 0 radical (unpaired) electrons. The van der Waals surface area contributed by atoms with Gasteiger partial charge in [0.1, 0.15) is 0 Å². The Labute approximate surface area is 89.6 Å². The number of hydrogen-bond acceptors (Lipinski definition) is 3. The Bertz CT molecular complexity index is 240. The van der Waals surface area contributed by atoms with Gasteiger partial charge in [-0.25, -0.2) is 0 Å². The molecule has 14 heavy (non-hydrogen) atoms. The van der Waals surface area contributed by atoms with Crippen molar-refractivity contribution in [1.82, 2.24) is 10.2 Å². The maximum atomic E-state index is 11.6. The van der Waals surface area contributed by atoms with E-state index in [4.69, 9.17) is 0 Å². The quantitative estimate of drug-likeness (QED) is 0.748. The number of likely N-dealkylation sites (N-methyl/N-ethyl adjacent to an activating group) is 1. The molecule has 1 saturated carbocycles. The zero-order valence-corrected chi connectivity index (χ0v) is 9.69. The number of thioether (sulfide) groups is 1. The molecule has 0 aromatic carbocycles. The third kappa shape index (κ3) is 1.91. The number of nitrogens with zero attached hydrogens (tertiary/aromatic N) is 1. The van der Waals surface area contributed by atoms with Crippen LogP contribution in [0.3, 0.4) is 0 Å². The molecule has 80 valence electrons. The Hall–Kier alpha value is -0.220. The highest BCUT2D eigenvalue weighted by atomic mass is 32.2. The highest BCUT2D eigenvalue weighted by Gasteiger charge is 2.42. The Kier molecular flexibility index (Phi) is 2.75. The molecule has 1 heterocycles. The molecule has 1 unspecified atom stereocenters. The van der Waals surface area contributed by atoms with E-state index in [2.05, 4.69) is 11.6 Å². The highest BCUT2D eigenvalue weighted by molar-refractivity contribution is 8.00. The van der Waals surface area contributed by atoms with Crippen LogP contribution in [0.25, 0.3) is 0 Å². The highest BCUT2D eigenvalue weighted by Crippen LogP contribution is 2.46. The van der Waals surface area contributed by atoms with E-state index >= 15 is 0 Å². The van der Waals surface area contributed by atoms with Crippen LogP contribution < -0.4 is 5.32 Å². The zero-order chi connectivity index (χ0) is 10.2. The fraction of sp³-hybridized carbons (Fsp3) is 0.900. The molecule has 2 fully saturated rings. The molecule has 3 nitrogen and oxygen atoms in total. The fourth-order valence-electron chi connectivity index (χ4n) is 1.91. The van der Waals surface area contributed by atoms with Gasteiger partial charge >= 0.3 is 0 Å². The monoisotopic (exact) mass is 214 g/mol. The summed E-state index contributed by atoms with van der Waals surface area (Å²) in [6, 6.07) is 0.0876. The lowest BCUT2D eigenvalue weighted by Crippen LogP contribution is -2.40. The van der Waals surface area contributed by atoms with Crippen LogP contribution >= 0.6 is 11.8 Å². The largest absolute Gasteiger partial charge is 0.344 e. The molecular formula is C10H18N2OS. The zero-order valence-electron chi connectivity index (χ0n) is 8.88. The second-order valence-electron chi connectivity index (χ2n) is 4.37. The average Bonchev–Trinajstić information content (AvgIpc) is 2.91. The van der Waals surface area contributed by atoms with E-state index in [1.54, 1.807) is 0 Å². The molecule has 0 bridgehead atoms. The normalized spacial score (nSPS) is 29.7. The molecule has 1 N–H and O–H groups in total. The predicted octanol–water partition coefficient (Wildman–Crippen LogP) is 0.702. The van der Waals surface area contributed by atoms with Crippen LogP contribution in [0.4, 0.5) is 0 Å². The molecule has 4 heteroatoms. The van der Waals surface area contributed by atoms with Crippen molar-refractivity contribution in [3.05, 3.63) is 0 Å². The van der Waals surface area contributed by atoms with Gasteiger partial charge in [-0.3, -0.25) is 4.79 Å². The molecular weight excluding hydrogens is 196 g/mol. The maximum absolute atomic E-state index is 11.6. The van der Waals surface area contributed by atoms with Crippen LogP contribution in [-0.2, 0) is 4.79 Å². The number of amides is 1. The first-order valence-corrected chi connectivity index (χ1v) is 6.43. The van der Waals surface area contributed by atoms with Gasteiger partial charge in [0.15, 0.2) is 0 Å². The van der Waals surface area contributed by atoms with E-state index < -0.39 is 0 Å². The molecule has 0 spiro atoms. The number of likely N-dealkylation sites (tertiary alicyclic amines) is 1. The molecule has 1 atom stereocenters. The van der Waals surface area contributed by atoms with Gasteiger partial charge in [-0.2, -0.15) is 11.8 Å². The van der Waals surface area contributed by atoms with Crippen molar-refractivity contribution in [3.63, 3.8) is 0 Å². The van der Waals surface area contributed by atoms with Gasteiger partial charge in [-0.1, -0.05) is 0 Å². The lowest BCUT2D eigenvalue weighted by atomic mass is 10.2. The van der Waals surface area contributed by atoms with Crippen LogP contribution in [0.2, 0.25) is 0 Å². The molecule has 2 rings (SSSR count). The first kappa shape index (κ1) is 10.3. The third-order valence-electron chi connectivity index (χ3n) is 3.34. The standard InChI is InChI=1S/C10H18N2OS/c1-12-6-3-8(9(12)13)11-7-10(14-2)4-5-10/h8,11H,3-7H2,1-2H3. The van der Waals surface area contributed by atoms with Crippen molar-refractivity contribution in [2.45, 2.75) is 30.1 Å². The van der Waals surface area contributed by atoms with Crippen LogP contribution in [-0.4, -0.2) is 48.0 Å². The first-order valence-electron chi connectivity index (χ1n) is 5.20. The second kappa shape index (κ2) is 3.74.